The van der Waals surface area contributed by atoms with Crippen molar-refractivity contribution >= 4 is 24.0 Å². The van der Waals surface area contributed by atoms with Crippen LogP contribution < -0.4 is 5.73 Å². The molecule has 0 unspecified atom stereocenters. The number of rotatable bonds is 2. The number of hydrogen-bond donors (Lipinski definition) is 1. The molecule has 0 aromatic heterocycles. The molecule has 0 saturated carbocycles. The van der Waals surface area contributed by atoms with E-state index in [-0.39, 0.29) is 17.4 Å². The van der Waals surface area contributed by atoms with Gasteiger partial charge in [-0.3, -0.25) is 0 Å². The standard InChI is InChI=1S/C9H8ClF4N.ClH/c10-6-3-1-2-5(9(12,13)14)8(6)7(15)4-11;/h1-3,7H,4,15H2;1H/t7-;/m0./s1. The van der Waals surface area contributed by atoms with Gasteiger partial charge in [-0.05, 0) is 12.1 Å². The van der Waals surface area contributed by atoms with Gasteiger partial charge in [-0.2, -0.15) is 13.2 Å². The third kappa shape index (κ3) is 3.23. The number of hydrogen-bond acceptors (Lipinski definition) is 1. The summed E-state index contributed by atoms with van der Waals surface area (Å²) >= 11 is 5.56. The minimum atomic E-state index is -4.58. The fraction of sp³-hybridized carbons (Fsp3) is 0.333. The van der Waals surface area contributed by atoms with Crippen molar-refractivity contribution in [1.29, 1.82) is 0 Å². The van der Waals surface area contributed by atoms with Crippen molar-refractivity contribution in [2.45, 2.75) is 12.2 Å². The summed E-state index contributed by atoms with van der Waals surface area (Å²) in [5, 5.41) is -0.171. The highest BCUT2D eigenvalue weighted by molar-refractivity contribution is 6.31. The zero-order chi connectivity index (χ0) is 11.6. The molecule has 0 fully saturated rings. The Labute approximate surface area is 101 Å². The van der Waals surface area contributed by atoms with E-state index in [1.54, 1.807) is 0 Å². The minimum Gasteiger partial charge on any atom is -0.322 e. The van der Waals surface area contributed by atoms with Crippen LogP contribution in [0.4, 0.5) is 17.6 Å². The van der Waals surface area contributed by atoms with Gasteiger partial charge in [-0.1, -0.05) is 17.7 Å². The summed E-state index contributed by atoms with van der Waals surface area (Å²) < 4.78 is 49.7. The van der Waals surface area contributed by atoms with E-state index in [1.165, 1.54) is 6.07 Å². The second kappa shape index (κ2) is 5.70. The van der Waals surface area contributed by atoms with Gasteiger partial charge in [-0.15, -0.1) is 12.4 Å². The van der Waals surface area contributed by atoms with Gasteiger partial charge < -0.3 is 5.73 Å². The molecule has 2 N–H and O–H groups in total. The number of alkyl halides is 4. The Morgan fingerprint density at radius 2 is 1.88 bits per heavy atom. The van der Waals surface area contributed by atoms with Crippen molar-refractivity contribution in [2.24, 2.45) is 5.73 Å². The van der Waals surface area contributed by atoms with E-state index in [0.29, 0.717) is 0 Å². The van der Waals surface area contributed by atoms with E-state index in [1.807, 2.05) is 0 Å². The van der Waals surface area contributed by atoms with Crippen LogP contribution in [0, 0.1) is 0 Å². The molecule has 1 atom stereocenters. The minimum absolute atomic E-state index is 0. The van der Waals surface area contributed by atoms with Crippen molar-refractivity contribution in [2.75, 3.05) is 6.67 Å². The molecule has 1 rings (SSSR count). The van der Waals surface area contributed by atoms with Gasteiger partial charge in [0.05, 0.1) is 11.6 Å². The first kappa shape index (κ1) is 15.5. The predicted molar refractivity (Wildman–Crippen MR) is 56.6 cm³/mol. The lowest BCUT2D eigenvalue weighted by atomic mass is 10.0. The number of nitrogens with two attached hydrogens (primary N) is 1. The highest BCUT2D eigenvalue weighted by atomic mass is 35.5. The van der Waals surface area contributed by atoms with Gasteiger partial charge >= 0.3 is 6.18 Å². The van der Waals surface area contributed by atoms with E-state index in [0.717, 1.165) is 12.1 Å². The molecule has 0 saturated heterocycles. The topological polar surface area (TPSA) is 26.0 Å². The molecule has 92 valence electrons. The lowest BCUT2D eigenvalue weighted by Crippen LogP contribution is -2.19. The van der Waals surface area contributed by atoms with Crippen molar-refractivity contribution in [3.8, 4) is 0 Å². The summed E-state index contributed by atoms with van der Waals surface area (Å²) in [5.74, 6) is 0. The van der Waals surface area contributed by atoms with Crippen molar-refractivity contribution < 1.29 is 17.6 Å². The smallest absolute Gasteiger partial charge is 0.322 e. The monoisotopic (exact) mass is 277 g/mol. The Balaban J connectivity index is 0.00000225. The maximum atomic E-state index is 12.5. The van der Waals surface area contributed by atoms with Gasteiger partial charge in [0, 0.05) is 10.6 Å². The summed E-state index contributed by atoms with van der Waals surface area (Å²) in [7, 11) is 0. The Morgan fingerprint density at radius 1 is 1.31 bits per heavy atom. The van der Waals surface area contributed by atoms with E-state index in [2.05, 4.69) is 0 Å². The first-order valence-electron chi connectivity index (χ1n) is 4.05. The van der Waals surface area contributed by atoms with Crippen LogP contribution in [-0.4, -0.2) is 6.67 Å². The summed E-state index contributed by atoms with van der Waals surface area (Å²) in [6.45, 7) is -1.09. The first-order valence-corrected chi connectivity index (χ1v) is 4.43. The first-order chi connectivity index (χ1) is 6.88. The van der Waals surface area contributed by atoms with Crippen molar-refractivity contribution in [1.82, 2.24) is 0 Å². The normalized spacial score (nSPS) is 13.1. The van der Waals surface area contributed by atoms with Crippen LogP contribution >= 0.6 is 24.0 Å². The highest BCUT2D eigenvalue weighted by Gasteiger charge is 2.35. The largest absolute Gasteiger partial charge is 0.416 e. The zero-order valence-electron chi connectivity index (χ0n) is 7.89. The van der Waals surface area contributed by atoms with E-state index in [9.17, 15) is 17.6 Å². The quantitative estimate of drug-likeness (QED) is 0.819. The van der Waals surface area contributed by atoms with Crippen LogP contribution in [-0.2, 0) is 6.18 Å². The van der Waals surface area contributed by atoms with Gasteiger partial charge in [0.1, 0.15) is 6.67 Å². The van der Waals surface area contributed by atoms with Crippen LogP contribution in [0.5, 0.6) is 0 Å². The molecule has 0 aliphatic carbocycles. The molecule has 0 radical (unpaired) electrons. The molecule has 1 nitrogen and oxygen atoms in total. The van der Waals surface area contributed by atoms with Crippen LogP contribution in [0.15, 0.2) is 18.2 Å². The van der Waals surface area contributed by atoms with Crippen molar-refractivity contribution in [3.63, 3.8) is 0 Å². The maximum absolute atomic E-state index is 12.5. The Kier molecular flexibility index (Phi) is 5.52. The Hall–Kier alpha value is -0.520. The molecule has 0 aliphatic heterocycles. The zero-order valence-corrected chi connectivity index (χ0v) is 9.46. The third-order valence-electron chi connectivity index (χ3n) is 1.90. The summed E-state index contributed by atoms with van der Waals surface area (Å²) in [6, 6.07) is 1.88. The van der Waals surface area contributed by atoms with Gasteiger partial charge in [0.15, 0.2) is 0 Å². The van der Waals surface area contributed by atoms with E-state index in [4.69, 9.17) is 17.3 Å². The molecule has 1 aromatic carbocycles. The molecule has 7 heteroatoms. The number of benzene rings is 1. The molecule has 0 heterocycles. The fourth-order valence-electron chi connectivity index (χ4n) is 1.24. The summed E-state index contributed by atoms with van der Waals surface area (Å²) in [4.78, 5) is 0. The second-order valence-electron chi connectivity index (χ2n) is 2.96. The molecule has 1 aromatic rings. The predicted octanol–water partition coefficient (Wildman–Crippen LogP) is 3.75. The van der Waals surface area contributed by atoms with Gasteiger partial charge in [0.25, 0.3) is 0 Å². The molecular weight excluding hydrogens is 269 g/mol. The van der Waals surface area contributed by atoms with Crippen LogP contribution in [0.25, 0.3) is 0 Å². The molecule has 0 aliphatic rings. The molecule has 16 heavy (non-hydrogen) atoms. The Morgan fingerprint density at radius 3 is 2.31 bits per heavy atom. The lowest BCUT2D eigenvalue weighted by molar-refractivity contribution is -0.138. The average molecular weight is 278 g/mol. The van der Waals surface area contributed by atoms with Gasteiger partial charge in [-0.25, -0.2) is 4.39 Å². The molecule has 0 spiro atoms. The van der Waals surface area contributed by atoms with E-state index < -0.39 is 30.0 Å². The van der Waals surface area contributed by atoms with Crippen LogP contribution in [0.3, 0.4) is 0 Å². The SMILES string of the molecule is Cl.N[C@@H](CF)c1c(Cl)cccc1C(F)(F)F. The number of halogens is 6. The molecular formula is C9H9Cl2F4N. The Bertz CT molecular complexity index is 354. The van der Waals surface area contributed by atoms with E-state index >= 15 is 0 Å². The summed E-state index contributed by atoms with van der Waals surface area (Å²) in [5.41, 5.74) is 3.85. The highest BCUT2D eigenvalue weighted by Crippen LogP contribution is 2.37. The van der Waals surface area contributed by atoms with Gasteiger partial charge in [0.2, 0.25) is 0 Å². The molecule has 0 amide bonds. The van der Waals surface area contributed by atoms with Crippen LogP contribution in [0.1, 0.15) is 17.2 Å². The fourth-order valence-corrected chi connectivity index (χ4v) is 1.55. The average Bonchev–Trinajstić information content (AvgIpc) is 2.15. The van der Waals surface area contributed by atoms with Crippen molar-refractivity contribution in [3.05, 3.63) is 34.3 Å². The second-order valence-corrected chi connectivity index (χ2v) is 3.37. The molecule has 0 bridgehead atoms. The van der Waals surface area contributed by atoms with Crippen LogP contribution in [0.2, 0.25) is 5.02 Å². The maximum Gasteiger partial charge on any atom is 0.416 e. The lowest BCUT2D eigenvalue weighted by Gasteiger charge is -2.17. The summed E-state index contributed by atoms with van der Waals surface area (Å²) in [6.07, 6.45) is -4.58. The third-order valence-corrected chi connectivity index (χ3v) is 2.22.